The molecule has 2 aromatic carbocycles. The fraction of sp³-hybridized carbons (Fsp3) is 0.278. The number of rotatable bonds is 7. The van der Waals surface area contributed by atoms with E-state index in [-0.39, 0.29) is 17.1 Å². The van der Waals surface area contributed by atoms with Crippen molar-refractivity contribution in [3.05, 3.63) is 48.0 Å². The van der Waals surface area contributed by atoms with Gasteiger partial charge in [-0.25, -0.2) is 12.7 Å². The van der Waals surface area contributed by atoms with Crippen LogP contribution in [-0.4, -0.2) is 45.6 Å². The monoisotopic (exact) mass is 431 g/mol. The fourth-order valence-corrected chi connectivity index (χ4v) is 3.21. The van der Waals surface area contributed by atoms with Crippen molar-refractivity contribution in [3.8, 4) is 5.75 Å². The second kappa shape index (κ2) is 8.70. The summed E-state index contributed by atoms with van der Waals surface area (Å²) in [5, 5.41) is 5.38. The SMILES string of the molecule is Cc1ccc(S(=O)(=O)N(C)C)cc1NCC(=O)Nc1ccc(OC(F)(F)F)cc1. The molecule has 0 atom stereocenters. The van der Waals surface area contributed by atoms with E-state index in [0.717, 1.165) is 22.0 Å². The Morgan fingerprint density at radius 2 is 1.72 bits per heavy atom. The lowest BCUT2D eigenvalue weighted by Crippen LogP contribution is -2.24. The first-order chi connectivity index (χ1) is 13.4. The largest absolute Gasteiger partial charge is 0.573 e. The van der Waals surface area contributed by atoms with E-state index < -0.39 is 28.0 Å². The van der Waals surface area contributed by atoms with Gasteiger partial charge in [-0.2, -0.15) is 0 Å². The van der Waals surface area contributed by atoms with Crippen LogP contribution in [0.3, 0.4) is 0 Å². The van der Waals surface area contributed by atoms with Gasteiger partial charge in [-0.15, -0.1) is 13.2 Å². The number of sulfonamides is 1. The van der Waals surface area contributed by atoms with Crippen molar-refractivity contribution in [3.63, 3.8) is 0 Å². The van der Waals surface area contributed by atoms with Crippen molar-refractivity contribution in [1.29, 1.82) is 0 Å². The van der Waals surface area contributed by atoms with Crippen molar-refractivity contribution in [2.24, 2.45) is 0 Å². The maximum Gasteiger partial charge on any atom is 0.573 e. The van der Waals surface area contributed by atoms with Crippen LogP contribution in [0.5, 0.6) is 5.75 Å². The molecule has 0 unspecified atom stereocenters. The third-order valence-electron chi connectivity index (χ3n) is 3.80. The standard InChI is InChI=1S/C18H20F3N3O4S/c1-12-4-9-15(29(26,27)24(2)3)10-16(12)22-11-17(25)23-13-5-7-14(8-6-13)28-18(19,20)21/h4-10,22H,11H2,1-3H3,(H,23,25). The number of alkyl halides is 3. The van der Waals surface area contributed by atoms with E-state index in [0.29, 0.717) is 5.69 Å². The number of amides is 1. The van der Waals surface area contributed by atoms with Crippen LogP contribution in [0.25, 0.3) is 0 Å². The minimum absolute atomic E-state index is 0.0799. The zero-order valence-corrected chi connectivity index (χ0v) is 16.7. The van der Waals surface area contributed by atoms with Gasteiger partial charge in [0.05, 0.1) is 11.4 Å². The zero-order valence-electron chi connectivity index (χ0n) is 15.9. The van der Waals surface area contributed by atoms with E-state index in [1.165, 1.54) is 38.4 Å². The molecule has 0 heterocycles. The van der Waals surface area contributed by atoms with E-state index in [1.54, 1.807) is 13.0 Å². The van der Waals surface area contributed by atoms with Crippen LogP contribution < -0.4 is 15.4 Å². The summed E-state index contributed by atoms with van der Waals surface area (Å²) in [6.45, 7) is 1.58. The number of hydrogen-bond acceptors (Lipinski definition) is 5. The molecule has 0 radical (unpaired) electrons. The second-order valence-electron chi connectivity index (χ2n) is 6.24. The average Bonchev–Trinajstić information content (AvgIpc) is 2.61. The Balaban J connectivity index is 2.01. The molecule has 0 fully saturated rings. The summed E-state index contributed by atoms with van der Waals surface area (Å²) in [4.78, 5) is 12.2. The Hall–Kier alpha value is -2.79. The topological polar surface area (TPSA) is 87.7 Å². The molecule has 2 rings (SSSR count). The maximum atomic E-state index is 12.2. The number of carbonyl (C=O) groups is 1. The highest BCUT2D eigenvalue weighted by molar-refractivity contribution is 7.89. The maximum absolute atomic E-state index is 12.2. The van der Waals surface area contributed by atoms with Gasteiger partial charge in [0.1, 0.15) is 5.75 Å². The second-order valence-corrected chi connectivity index (χ2v) is 8.39. The van der Waals surface area contributed by atoms with Crippen LogP contribution in [-0.2, 0) is 14.8 Å². The van der Waals surface area contributed by atoms with Crippen molar-refractivity contribution in [2.75, 3.05) is 31.3 Å². The number of carbonyl (C=O) groups excluding carboxylic acids is 1. The molecule has 2 aromatic rings. The molecule has 158 valence electrons. The summed E-state index contributed by atoms with van der Waals surface area (Å²) in [6, 6.07) is 9.23. The molecule has 0 saturated heterocycles. The Morgan fingerprint density at radius 3 is 2.28 bits per heavy atom. The number of nitrogens with zero attached hydrogens (tertiary/aromatic N) is 1. The number of aryl methyl sites for hydroxylation is 1. The van der Waals surface area contributed by atoms with Gasteiger partial charge in [0.2, 0.25) is 15.9 Å². The number of ether oxygens (including phenoxy) is 1. The van der Waals surface area contributed by atoms with Gasteiger partial charge in [-0.3, -0.25) is 4.79 Å². The summed E-state index contributed by atoms with van der Waals surface area (Å²) in [6.07, 6.45) is -4.79. The first-order valence-electron chi connectivity index (χ1n) is 8.31. The predicted molar refractivity (Wildman–Crippen MR) is 102 cm³/mol. The van der Waals surface area contributed by atoms with Crippen molar-refractivity contribution >= 4 is 27.3 Å². The molecular weight excluding hydrogens is 411 g/mol. The number of hydrogen-bond donors (Lipinski definition) is 2. The Morgan fingerprint density at radius 1 is 1.10 bits per heavy atom. The molecule has 11 heteroatoms. The molecule has 7 nitrogen and oxygen atoms in total. The van der Waals surface area contributed by atoms with Gasteiger partial charge in [0, 0.05) is 25.5 Å². The molecule has 2 N–H and O–H groups in total. The van der Waals surface area contributed by atoms with Crippen LogP contribution >= 0.6 is 0 Å². The molecule has 1 amide bonds. The van der Waals surface area contributed by atoms with E-state index in [1.807, 2.05) is 0 Å². The highest BCUT2D eigenvalue weighted by Gasteiger charge is 2.31. The van der Waals surface area contributed by atoms with E-state index in [2.05, 4.69) is 15.4 Å². The summed E-state index contributed by atoms with van der Waals surface area (Å²) < 4.78 is 65.8. The molecule has 0 aliphatic rings. The normalized spacial score (nSPS) is 12.0. The Bertz CT molecular complexity index is 975. The molecule has 0 spiro atoms. The first-order valence-corrected chi connectivity index (χ1v) is 9.75. The van der Waals surface area contributed by atoms with Crippen LogP contribution in [0, 0.1) is 6.92 Å². The minimum atomic E-state index is -4.79. The third kappa shape index (κ3) is 6.36. The Kier molecular flexibility index (Phi) is 6.75. The molecule has 29 heavy (non-hydrogen) atoms. The van der Waals surface area contributed by atoms with E-state index in [4.69, 9.17) is 0 Å². The highest BCUT2D eigenvalue weighted by atomic mass is 32.2. The average molecular weight is 431 g/mol. The highest BCUT2D eigenvalue weighted by Crippen LogP contribution is 2.24. The zero-order chi connectivity index (χ0) is 21.8. The van der Waals surface area contributed by atoms with E-state index in [9.17, 15) is 26.4 Å². The first kappa shape index (κ1) is 22.5. The quantitative estimate of drug-likeness (QED) is 0.703. The summed E-state index contributed by atoms with van der Waals surface area (Å²) in [5.74, 6) is -0.863. The van der Waals surface area contributed by atoms with Crippen LogP contribution in [0.2, 0.25) is 0 Å². The Labute approximate surface area is 166 Å². The lowest BCUT2D eigenvalue weighted by atomic mass is 10.2. The van der Waals surface area contributed by atoms with E-state index >= 15 is 0 Å². The summed E-state index contributed by atoms with van der Waals surface area (Å²) in [5.41, 5.74) is 1.49. The number of anilines is 2. The number of halogens is 3. The van der Waals surface area contributed by atoms with Crippen molar-refractivity contribution in [2.45, 2.75) is 18.2 Å². The van der Waals surface area contributed by atoms with Gasteiger partial charge in [0.15, 0.2) is 0 Å². The summed E-state index contributed by atoms with van der Waals surface area (Å²) >= 11 is 0. The number of benzene rings is 2. The smallest absolute Gasteiger partial charge is 0.406 e. The van der Waals surface area contributed by atoms with Gasteiger partial charge in [-0.05, 0) is 48.9 Å². The van der Waals surface area contributed by atoms with Crippen LogP contribution in [0.1, 0.15) is 5.56 Å². The molecule has 0 saturated carbocycles. The molecule has 0 bridgehead atoms. The van der Waals surface area contributed by atoms with Gasteiger partial charge >= 0.3 is 6.36 Å². The number of nitrogens with one attached hydrogen (secondary N) is 2. The van der Waals surface area contributed by atoms with Gasteiger partial charge in [0.25, 0.3) is 0 Å². The van der Waals surface area contributed by atoms with Crippen molar-refractivity contribution < 1.29 is 31.1 Å². The van der Waals surface area contributed by atoms with Gasteiger partial charge in [-0.1, -0.05) is 6.07 Å². The lowest BCUT2D eigenvalue weighted by Gasteiger charge is -2.15. The lowest BCUT2D eigenvalue weighted by molar-refractivity contribution is -0.274. The van der Waals surface area contributed by atoms with Crippen LogP contribution in [0.15, 0.2) is 47.4 Å². The third-order valence-corrected chi connectivity index (χ3v) is 5.61. The molecular formula is C18H20F3N3O4S. The van der Waals surface area contributed by atoms with Crippen molar-refractivity contribution in [1.82, 2.24) is 4.31 Å². The fourth-order valence-electron chi connectivity index (χ4n) is 2.28. The molecule has 0 aromatic heterocycles. The summed E-state index contributed by atoms with van der Waals surface area (Å²) in [7, 11) is -0.785. The van der Waals surface area contributed by atoms with Crippen LogP contribution in [0.4, 0.5) is 24.5 Å². The minimum Gasteiger partial charge on any atom is -0.406 e. The molecule has 0 aliphatic carbocycles. The molecule has 0 aliphatic heterocycles. The predicted octanol–water partition coefficient (Wildman–Crippen LogP) is 3.19. The van der Waals surface area contributed by atoms with Gasteiger partial charge < -0.3 is 15.4 Å².